The number of aliphatic hydroxyl groups is 1. The molecule has 0 saturated heterocycles. The van der Waals surface area contributed by atoms with E-state index in [1.165, 1.54) is 6.92 Å². The Labute approximate surface area is 73.5 Å². The third-order valence-corrected chi connectivity index (χ3v) is 0.858. The number of carbonyl (C=O) groups is 1. The average Bonchev–Trinajstić information content (AvgIpc) is 1.99. The summed E-state index contributed by atoms with van der Waals surface area (Å²) in [6.07, 6.45) is 1.45. The summed E-state index contributed by atoms with van der Waals surface area (Å²) >= 11 is 0. The summed E-state index contributed by atoms with van der Waals surface area (Å²) in [7, 11) is 3.25. The lowest BCUT2D eigenvalue weighted by Crippen LogP contribution is -2.00. The van der Waals surface area contributed by atoms with E-state index in [2.05, 4.69) is 9.47 Å². The van der Waals surface area contributed by atoms with E-state index in [1.54, 1.807) is 14.2 Å². The molecule has 0 amide bonds. The van der Waals surface area contributed by atoms with Gasteiger partial charge in [-0.3, -0.25) is 4.79 Å². The van der Waals surface area contributed by atoms with Crippen LogP contribution in [0.2, 0.25) is 0 Å². The van der Waals surface area contributed by atoms with Gasteiger partial charge in [0.2, 0.25) is 0 Å². The summed E-state index contributed by atoms with van der Waals surface area (Å²) in [4.78, 5) is 10.1. The van der Waals surface area contributed by atoms with E-state index in [4.69, 9.17) is 5.11 Å². The molecule has 0 aromatic rings. The summed E-state index contributed by atoms with van der Waals surface area (Å²) in [6, 6.07) is 0. The molecular weight excluding hydrogens is 160 g/mol. The maximum atomic E-state index is 10.1. The SMILES string of the molecule is CC(=O)OCCCCO.COC. The fraction of sp³-hybridized carbons (Fsp3) is 0.875. The zero-order valence-electron chi connectivity index (χ0n) is 8.00. The summed E-state index contributed by atoms with van der Waals surface area (Å²) < 4.78 is 8.84. The Balaban J connectivity index is 0. The lowest BCUT2D eigenvalue weighted by molar-refractivity contribution is -0.141. The van der Waals surface area contributed by atoms with Gasteiger partial charge in [0.25, 0.3) is 0 Å². The van der Waals surface area contributed by atoms with Crippen LogP contribution in [0, 0.1) is 0 Å². The molecule has 0 unspecified atom stereocenters. The molecule has 0 rings (SSSR count). The van der Waals surface area contributed by atoms with Crippen LogP contribution in [-0.2, 0) is 14.3 Å². The molecule has 0 radical (unpaired) electrons. The number of hydrogen-bond donors (Lipinski definition) is 1. The van der Waals surface area contributed by atoms with Crippen LogP contribution < -0.4 is 0 Å². The number of carbonyl (C=O) groups excluding carboxylic acids is 1. The van der Waals surface area contributed by atoms with Gasteiger partial charge in [0.15, 0.2) is 0 Å². The highest BCUT2D eigenvalue weighted by atomic mass is 16.5. The highest BCUT2D eigenvalue weighted by Crippen LogP contribution is 1.87. The quantitative estimate of drug-likeness (QED) is 0.505. The topological polar surface area (TPSA) is 55.8 Å². The molecule has 0 heterocycles. The van der Waals surface area contributed by atoms with Crippen molar-refractivity contribution in [2.75, 3.05) is 27.4 Å². The number of ether oxygens (including phenoxy) is 2. The predicted molar refractivity (Wildman–Crippen MR) is 45.9 cm³/mol. The first kappa shape index (κ1) is 13.9. The third-order valence-electron chi connectivity index (χ3n) is 0.858. The molecule has 74 valence electrons. The highest BCUT2D eigenvalue weighted by Gasteiger charge is 1.90. The minimum Gasteiger partial charge on any atom is -0.466 e. The van der Waals surface area contributed by atoms with E-state index in [0.29, 0.717) is 13.0 Å². The van der Waals surface area contributed by atoms with Crippen molar-refractivity contribution in [3.8, 4) is 0 Å². The number of rotatable bonds is 4. The van der Waals surface area contributed by atoms with Gasteiger partial charge in [-0.2, -0.15) is 0 Å². The summed E-state index contributed by atoms with van der Waals surface area (Å²) in [5, 5.41) is 8.29. The molecule has 0 bridgehead atoms. The fourth-order valence-corrected chi connectivity index (χ4v) is 0.430. The van der Waals surface area contributed by atoms with Crippen molar-refractivity contribution < 1.29 is 19.4 Å². The molecule has 12 heavy (non-hydrogen) atoms. The van der Waals surface area contributed by atoms with E-state index in [9.17, 15) is 4.79 Å². The van der Waals surface area contributed by atoms with Crippen LogP contribution in [-0.4, -0.2) is 38.5 Å². The molecule has 0 saturated carbocycles. The van der Waals surface area contributed by atoms with Crippen LogP contribution in [0.15, 0.2) is 0 Å². The Bertz CT molecular complexity index is 93.1. The van der Waals surface area contributed by atoms with Gasteiger partial charge in [0, 0.05) is 27.8 Å². The van der Waals surface area contributed by atoms with Crippen LogP contribution in [0.25, 0.3) is 0 Å². The Hall–Kier alpha value is -0.610. The second-order valence-electron chi connectivity index (χ2n) is 2.18. The van der Waals surface area contributed by atoms with Gasteiger partial charge in [-0.05, 0) is 12.8 Å². The molecule has 0 aliphatic rings. The van der Waals surface area contributed by atoms with Crippen molar-refractivity contribution in [2.45, 2.75) is 19.8 Å². The Kier molecular flexibility index (Phi) is 15.1. The molecule has 0 aromatic carbocycles. The van der Waals surface area contributed by atoms with Crippen molar-refractivity contribution in [3.05, 3.63) is 0 Å². The first-order valence-corrected chi connectivity index (χ1v) is 3.83. The molecule has 4 heteroatoms. The van der Waals surface area contributed by atoms with Crippen molar-refractivity contribution in [1.82, 2.24) is 0 Å². The number of methoxy groups -OCH3 is 1. The van der Waals surface area contributed by atoms with E-state index in [-0.39, 0.29) is 12.6 Å². The van der Waals surface area contributed by atoms with Crippen LogP contribution >= 0.6 is 0 Å². The fourth-order valence-electron chi connectivity index (χ4n) is 0.430. The van der Waals surface area contributed by atoms with Gasteiger partial charge >= 0.3 is 5.97 Å². The minimum atomic E-state index is -0.257. The molecular formula is C8H18O4. The number of hydrogen-bond acceptors (Lipinski definition) is 4. The molecule has 0 aliphatic carbocycles. The molecule has 0 aliphatic heterocycles. The zero-order chi connectivity index (χ0) is 9.82. The first-order valence-electron chi connectivity index (χ1n) is 3.83. The van der Waals surface area contributed by atoms with Gasteiger partial charge in [-0.25, -0.2) is 0 Å². The van der Waals surface area contributed by atoms with Crippen molar-refractivity contribution in [3.63, 3.8) is 0 Å². The molecule has 0 aromatic heterocycles. The molecule has 4 nitrogen and oxygen atoms in total. The average molecular weight is 178 g/mol. The number of aliphatic hydroxyl groups excluding tert-OH is 1. The van der Waals surface area contributed by atoms with Crippen molar-refractivity contribution >= 4 is 5.97 Å². The van der Waals surface area contributed by atoms with E-state index in [1.807, 2.05) is 0 Å². The number of unbranched alkanes of at least 4 members (excludes halogenated alkanes) is 1. The Morgan fingerprint density at radius 3 is 2.17 bits per heavy atom. The summed E-state index contributed by atoms with van der Waals surface area (Å²) in [5.74, 6) is -0.257. The smallest absolute Gasteiger partial charge is 0.302 e. The predicted octanol–water partition coefficient (Wildman–Crippen LogP) is 0.585. The van der Waals surface area contributed by atoms with E-state index >= 15 is 0 Å². The van der Waals surface area contributed by atoms with Crippen molar-refractivity contribution in [1.29, 1.82) is 0 Å². The maximum absolute atomic E-state index is 10.1. The standard InChI is InChI=1S/C6H12O3.C2H6O/c1-6(8)9-5-3-2-4-7;1-3-2/h7H,2-5H2,1H3;1-2H3. The Morgan fingerprint density at radius 2 is 1.83 bits per heavy atom. The Morgan fingerprint density at radius 1 is 1.33 bits per heavy atom. The van der Waals surface area contributed by atoms with E-state index in [0.717, 1.165) is 6.42 Å². The van der Waals surface area contributed by atoms with Crippen LogP contribution in [0.3, 0.4) is 0 Å². The van der Waals surface area contributed by atoms with E-state index < -0.39 is 0 Å². The zero-order valence-corrected chi connectivity index (χ0v) is 8.00. The van der Waals surface area contributed by atoms with Crippen LogP contribution in [0.5, 0.6) is 0 Å². The largest absolute Gasteiger partial charge is 0.466 e. The normalized spacial score (nSPS) is 8.33. The molecule has 0 spiro atoms. The molecule has 1 N–H and O–H groups in total. The van der Waals surface area contributed by atoms with Crippen LogP contribution in [0.4, 0.5) is 0 Å². The van der Waals surface area contributed by atoms with Gasteiger partial charge < -0.3 is 14.6 Å². The molecule has 0 fully saturated rings. The van der Waals surface area contributed by atoms with Crippen LogP contribution in [0.1, 0.15) is 19.8 Å². The first-order chi connectivity index (χ1) is 5.68. The third kappa shape index (κ3) is 22.8. The van der Waals surface area contributed by atoms with Gasteiger partial charge in [0.1, 0.15) is 0 Å². The second-order valence-corrected chi connectivity index (χ2v) is 2.18. The summed E-state index contributed by atoms with van der Waals surface area (Å²) in [6.45, 7) is 1.97. The van der Waals surface area contributed by atoms with Gasteiger partial charge in [0.05, 0.1) is 6.61 Å². The number of esters is 1. The van der Waals surface area contributed by atoms with Crippen molar-refractivity contribution in [2.24, 2.45) is 0 Å². The monoisotopic (exact) mass is 178 g/mol. The highest BCUT2D eigenvalue weighted by molar-refractivity contribution is 5.65. The lowest BCUT2D eigenvalue weighted by atomic mass is 10.3. The minimum absolute atomic E-state index is 0.168. The molecule has 0 atom stereocenters. The maximum Gasteiger partial charge on any atom is 0.302 e. The summed E-state index contributed by atoms with van der Waals surface area (Å²) in [5.41, 5.74) is 0. The van der Waals surface area contributed by atoms with Gasteiger partial charge in [-0.15, -0.1) is 0 Å². The lowest BCUT2D eigenvalue weighted by Gasteiger charge is -1.97. The van der Waals surface area contributed by atoms with Gasteiger partial charge in [-0.1, -0.05) is 0 Å². The second kappa shape index (κ2) is 13.0.